The van der Waals surface area contributed by atoms with Gasteiger partial charge < -0.3 is 0 Å². The third-order valence-electron chi connectivity index (χ3n) is 2.34. The Balaban J connectivity index is 2.34. The summed E-state index contributed by atoms with van der Waals surface area (Å²) in [5.74, 6) is 0.853. The second-order valence-electron chi connectivity index (χ2n) is 3.24. The molecule has 0 spiro atoms. The smallest absolute Gasteiger partial charge is 0.0143 e. The molecule has 0 N–H and O–H groups in total. The van der Waals surface area contributed by atoms with E-state index in [9.17, 15) is 0 Å². The fourth-order valence-electron chi connectivity index (χ4n) is 1.54. The summed E-state index contributed by atoms with van der Waals surface area (Å²) in [4.78, 5) is 0. The van der Waals surface area contributed by atoms with Crippen molar-refractivity contribution in [1.29, 1.82) is 0 Å². The van der Waals surface area contributed by atoms with E-state index < -0.39 is 0 Å². The van der Waals surface area contributed by atoms with Gasteiger partial charge in [0.05, 0.1) is 0 Å². The van der Waals surface area contributed by atoms with Crippen molar-refractivity contribution in [2.24, 2.45) is 0 Å². The molecule has 1 radical (unpaired) electrons. The van der Waals surface area contributed by atoms with Crippen LogP contribution in [0.4, 0.5) is 0 Å². The first-order valence-electron chi connectivity index (χ1n) is 4.41. The van der Waals surface area contributed by atoms with Gasteiger partial charge in [0.25, 0.3) is 0 Å². The molecule has 2 rings (SSSR count). The number of hydrogen-bond donors (Lipinski definition) is 0. The maximum atomic E-state index is 3.35. The highest BCUT2D eigenvalue weighted by Gasteiger charge is 2.24. The Morgan fingerprint density at radius 3 is 3.00 bits per heavy atom. The summed E-state index contributed by atoms with van der Waals surface area (Å²) in [5.41, 5.74) is 2.98. The van der Waals surface area contributed by atoms with Crippen LogP contribution in [-0.2, 0) is 6.42 Å². The average molecular weight is 145 g/mol. The summed E-state index contributed by atoms with van der Waals surface area (Å²) in [6, 6.07) is 9.70. The summed E-state index contributed by atoms with van der Waals surface area (Å²) in [7, 11) is 0. The summed E-state index contributed by atoms with van der Waals surface area (Å²) >= 11 is 0. The molecule has 1 aromatic carbocycles. The highest BCUT2D eigenvalue weighted by Crippen LogP contribution is 2.41. The molecule has 0 heterocycles. The zero-order valence-corrected chi connectivity index (χ0v) is 6.93. The number of benzene rings is 1. The Hall–Kier alpha value is -0.780. The lowest BCUT2D eigenvalue weighted by Gasteiger charge is -2.03. The second kappa shape index (κ2) is 2.69. The van der Waals surface area contributed by atoms with Crippen LogP contribution < -0.4 is 0 Å². The van der Waals surface area contributed by atoms with Gasteiger partial charge in [0, 0.05) is 0 Å². The van der Waals surface area contributed by atoms with Gasteiger partial charge in [-0.1, -0.05) is 25.1 Å². The predicted octanol–water partition coefficient (Wildman–Crippen LogP) is 2.93. The fraction of sp³-hybridized carbons (Fsp3) is 0.455. The van der Waals surface area contributed by atoms with Crippen LogP contribution in [0.5, 0.6) is 0 Å². The van der Waals surface area contributed by atoms with E-state index >= 15 is 0 Å². The first-order chi connectivity index (χ1) is 5.42. The van der Waals surface area contributed by atoms with Crippen molar-refractivity contribution >= 4 is 0 Å². The van der Waals surface area contributed by atoms with Crippen molar-refractivity contribution < 1.29 is 0 Å². The van der Waals surface area contributed by atoms with E-state index in [4.69, 9.17) is 0 Å². The first kappa shape index (κ1) is 6.90. The predicted molar refractivity (Wildman–Crippen MR) is 46.6 cm³/mol. The second-order valence-corrected chi connectivity index (χ2v) is 3.24. The van der Waals surface area contributed by atoms with Gasteiger partial charge >= 0.3 is 0 Å². The van der Waals surface area contributed by atoms with Crippen LogP contribution in [0.1, 0.15) is 36.8 Å². The van der Waals surface area contributed by atoms with E-state index in [-0.39, 0.29) is 0 Å². The lowest BCUT2D eigenvalue weighted by molar-refractivity contribution is 1.03. The van der Waals surface area contributed by atoms with Crippen molar-refractivity contribution in [3.8, 4) is 0 Å². The summed E-state index contributed by atoms with van der Waals surface area (Å²) < 4.78 is 0. The van der Waals surface area contributed by atoms with Crippen LogP contribution in [0.25, 0.3) is 0 Å². The Kier molecular flexibility index (Phi) is 1.69. The molecule has 0 aliphatic heterocycles. The van der Waals surface area contributed by atoms with Crippen LogP contribution in [0.2, 0.25) is 0 Å². The number of hydrogen-bond acceptors (Lipinski definition) is 0. The molecule has 1 aromatic rings. The molecule has 0 aromatic heterocycles. The average Bonchev–Trinajstić information content (AvgIpc) is 2.87. The van der Waals surface area contributed by atoms with Crippen LogP contribution in [0.3, 0.4) is 0 Å². The Labute approximate surface area is 68.3 Å². The van der Waals surface area contributed by atoms with Crippen molar-refractivity contribution in [2.45, 2.75) is 32.1 Å². The summed E-state index contributed by atoms with van der Waals surface area (Å²) in [6.45, 7) is 2.22. The Morgan fingerprint density at radius 1 is 1.55 bits per heavy atom. The Bertz CT molecular complexity index is 246. The van der Waals surface area contributed by atoms with Crippen molar-refractivity contribution in [2.75, 3.05) is 0 Å². The van der Waals surface area contributed by atoms with E-state index in [1.165, 1.54) is 24.0 Å². The third kappa shape index (κ3) is 1.30. The topological polar surface area (TPSA) is 0 Å². The molecule has 0 nitrogen and oxygen atoms in total. The van der Waals surface area contributed by atoms with Gasteiger partial charge in [-0.15, -0.1) is 0 Å². The van der Waals surface area contributed by atoms with Gasteiger partial charge in [0.2, 0.25) is 0 Å². The van der Waals surface area contributed by atoms with Crippen molar-refractivity contribution in [3.63, 3.8) is 0 Å². The standard InChI is InChI=1S/C11H13/c1-2-9-5-3-4-6-11(9)10-7-8-10/h3-5,10H,2,7-8H2,1H3. The molecule has 1 aliphatic carbocycles. The highest BCUT2D eigenvalue weighted by atomic mass is 14.3. The zero-order valence-electron chi connectivity index (χ0n) is 6.93. The lowest BCUT2D eigenvalue weighted by Crippen LogP contribution is -1.88. The van der Waals surface area contributed by atoms with Crippen LogP contribution in [0, 0.1) is 6.07 Å². The molecule has 0 unspecified atom stereocenters. The molecule has 0 saturated heterocycles. The number of rotatable bonds is 2. The molecule has 11 heavy (non-hydrogen) atoms. The number of aryl methyl sites for hydroxylation is 1. The SMILES string of the molecule is CCc1ccc[c]c1C1CC1. The molecule has 1 saturated carbocycles. The van der Waals surface area contributed by atoms with E-state index in [0.717, 1.165) is 12.3 Å². The van der Waals surface area contributed by atoms with E-state index in [1.54, 1.807) is 0 Å². The summed E-state index contributed by atoms with van der Waals surface area (Å²) in [5, 5.41) is 0. The van der Waals surface area contributed by atoms with Gasteiger partial charge in [-0.25, -0.2) is 0 Å². The summed E-state index contributed by atoms with van der Waals surface area (Å²) in [6.07, 6.45) is 3.92. The van der Waals surface area contributed by atoms with Crippen LogP contribution in [-0.4, -0.2) is 0 Å². The minimum atomic E-state index is 0.853. The maximum absolute atomic E-state index is 3.35. The van der Waals surface area contributed by atoms with Gasteiger partial charge in [-0.05, 0) is 42.4 Å². The minimum Gasteiger partial charge on any atom is -0.0614 e. The van der Waals surface area contributed by atoms with E-state index in [0.29, 0.717) is 0 Å². The first-order valence-corrected chi connectivity index (χ1v) is 4.41. The third-order valence-corrected chi connectivity index (χ3v) is 2.34. The fourth-order valence-corrected chi connectivity index (χ4v) is 1.54. The molecule has 1 aliphatic rings. The lowest BCUT2D eigenvalue weighted by atomic mass is 10.0. The largest absolute Gasteiger partial charge is 0.0614 e. The zero-order chi connectivity index (χ0) is 7.68. The molecular formula is C11H13. The van der Waals surface area contributed by atoms with Gasteiger partial charge in [-0.2, -0.15) is 0 Å². The monoisotopic (exact) mass is 145 g/mol. The molecular weight excluding hydrogens is 132 g/mol. The molecule has 57 valence electrons. The molecule has 0 atom stereocenters. The molecule has 0 bridgehead atoms. The maximum Gasteiger partial charge on any atom is -0.0143 e. The molecule has 0 amide bonds. The Morgan fingerprint density at radius 2 is 2.36 bits per heavy atom. The highest BCUT2D eigenvalue weighted by molar-refractivity contribution is 5.31. The van der Waals surface area contributed by atoms with Crippen LogP contribution >= 0.6 is 0 Å². The molecule has 0 heteroatoms. The molecule has 1 fully saturated rings. The van der Waals surface area contributed by atoms with Crippen molar-refractivity contribution in [1.82, 2.24) is 0 Å². The van der Waals surface area contributed by atoms with Gasteiger partial charge in [0.1, 0.15) is 0 Å². The van der Waals surface area contributed by atoms with Crippen LogP contribution in [0.15, 0.2) is 18.2 Å². The normalized spacial score (nSPS) is 16.8. The van der Waals surface area contributed by atoms with Gasteiger partial charge in [-0.3, -0.25) is 0 Å². The minimum absolute atomic E-state index is 0.853. The van der Waals surface area contributed by atoms with E-state index in [2.05, 4.69) is 25.1 Å². The van der Waals surface area contributed by atoms with E-state index in [1.807, 2.05) is 6.07 Å². The van der Waals surface area contributed by atoms with Crippen molar-refractivity contribution in [3.05, 3.63) is 35.4 Å². The quantitative estimate of drug-likeness (QED) is 0.600. The van der Waals surface area contributed by atoms with Gasteiger partial charge in [0.15, 0.2) is 0 Å².